The van der Waals surface area contributed by atoms with Gasteiger partial charge in [0.25, 0.3) is 15.9 Å². The molecule has 7 nitrogen and oxygen atoms in total. The molecule has 0 saturated carbocycles. The first-order valence-electron chi connectivity index (χ1n) is 9.79. The number of hydrogen-bond acceptors (Lipinski definition) is 5. The van der Waals surface area contributed by atoms with Crippen LogP contribution in [0.1, 0.15) is 5.56 Å². The molecule has 0 fully saturated rings. The zero-order chi connectivity index (χ0) is 22.9. The molecule has 1 heterocycles. The smallest absolute Gasteiger partial charge is 0.267 e. The Kier molecular flexibility index (Phi) is 5.99. The summed E-state index contributed by atoms with van der Waals surface area (Å²) in [5.74, 6) is 0.394. The van der Waals surface area contributed by atoms with Gasteiger partial charge in [0.1, 0.15) is 11.5 Å². The highest BCUT2D eigenvalue weighted by molar-refractivity contribution is 7.92. The highest BCUT2D eigenvalue weighted by atomic mass is 35.5. The summed E-state index contributed by atoms with van der Waals surface area (Å²) < 4.78 is 39.1. The predicted molar refractivity (Wildman–Crippen MR) is 123 cm³/mol. The second kappa shape index (κ2) is 8.72. The third-order valence-electron chi connectivity index (χ3n) is 5.12. The number of carbonyl (C=O) groups is 1. The molecule has 0 aromatic heterocycles. The fourth-order valence-corrected chi connectivity index (χ4v) is 5.12. The number of ether oxygens (including phenoxy) is 2. The number of methoxy groups -OCH3 is 1. The molecular weight excluding hydrogens is 452 g/mol. The maximum absolute atomic E-state index is 13.5. The minimum atomic E-state index is -3.95. The van der Waals surface area contributed by atoms with Gasteiger partial charge in [-0.15, -0.1) is 0 Å². The van der Waals surface area contributed by atoms with Crippen molar-refractivity contribution in [2.75, 3.05) is 23.3 Å². The molecule has 1 amide bonds. The van der Waals surface area contributed by atoms with Crippen molar-refractivity contribution in [3.8, 4) is 11.5 Å². The molecule has 1 aliphatic heterocycles. The number of nitrogens with zero attached hydrogens (tertiary/aromatic N) is 1. The minimum absolute atomic E-state index is 0.0858. The average Bonchev–Trinajstić information content (AvgIpc) is 2.80. The summed E-state index contributed by atoms with van der Waals surface area (Å²) in [7, 11) is -2.45. The summed E-state index contributed by atoms with van der Waals surface area (Å²) in [5.41, 5.74) is 1.73. The first-order valence-corrected chi connectivity index (χ1v) is 11.6. The number of benzene rings is 3. The molecule has 1 aliphatic rings. The van der Waals surface area contributed by atoms with Crippen molar-refractivity contribution < 1.29 is 22.7 Å². The number of nitrogens with one attached hydrogen (secondary N) is 1. The predicted octanol–water partition coefficient (Wildman–Crippen LogP) is 4.25. The summed E-state index contributed by atoms with van der Waals surface area (Å²) in [6.07, 6.45) is -1.05. The van der Waals surface area contributed by atoms with Gasteiger partial charge in [0.15, 0.2) is 6.10 Å². The summed E-state index contributed by atoms with van der Waals surface area (Å²) >= 11 is 5.99. The Labute approximate surface area is 191 Å². The van der Waals surface area contributed by atoms with Crippen molar-refractivity contribution in [1.82, 2.24) is 0 Å². The number of hydrogen-bond donors (Lipinski definition) is 1. The van der Waals surface area contributed by atoms with Crippen LogP contribution in [0.3, 0.4) is 0 Å². The Morgan fingerprint density at radius 2 is 1.84 bits per heavy atom. The minimum Gasteiger partial charge on any atom is -0.497 e. The van der Waals surface area contributed by atoms with Gasteiger partial charge in [-0.25, -0.2) is 8.42 Å². The van der Waals surface area contributed by atoms with Crippen LogP contribution in [0.2, 0.25) is 5.02 Å². The second-order valence-corrected chi connectivity index (χ2v) is 9.53. The van der Waals surface area contributed by atoms with Crippen molar-refractivity contribution in [3.63, 3.8) is 0 Å². The van der Waals surface area contributed by atoms with E-state index in [2.05, 4.69) is 5.32 Å². The summed E-state index contributed by atoms with van der Waals surface area (Å²) in [4.78, 5) is 13.1. The standard InChI is InChI=1S/C23H21ClN2O5S/c1-15-13-16(24)7-12-19(15)25-23(27)22-14-26(20-5-3-4-6-21(20)31-22)32(28,29)18-10-8-17(30-2)9-11-18/h3-13,22H,14H2,1-2H3,(H,25,27)/t22-/m0/s1. The average molecular weight is 473 g/mol. The van der Waals surface area contributed by atoms with Crippen LogP contribution in [-0.4, -0.2) is 34.1 Å². The lowest BCUT2D eigenvalue weighted by Crippen LogP contribution is -2.48. The van der Waals surface area contributed by atoms with Crippen LogP contribution in [-0.2, 0) is 14.8 Å². The summed E-state index contributed by atoms with van der Waals surface area (Å²) in [5, 5.41) is 3.36. The first kappa shape index (κ1) is 22.0. The van der Waals surface area contributed by atoms with Gasteiger partial charge in [-0.05, 0) is 67.1 Å². The molecule has 0 unspecified atom stereocenters. The highest BCUT2D eigenvalue weighted by Gasteiger charge is 2.37. The van der Waals surface area contributed by atoms with Crippen molar-refractivity contribution in [2.45, 2.75) is 17.9 Å². The van der Waals surface area contributed by atoms with Crippen LogP contribution < -0.4 is 19.1 Å². The monoisotopic (exact) mass is 472 g/mol. The quantitative estimate of drug-likeness (QED) is 0.600. The Bertz CT molecular complexity index is 1260. The Morgan fingerprint density at radius 1 is 1.12 bits per heavy atom. The molecule has 4 rings (SSSR count). The fraction of sp³-hybridized carbons (Fsp3) is 0.174. The van der Waals surface area contributed by atoms with Crippen LogP contribution in [0.5, 0.6) is 11.5 Å². The number of amides is 1. The number of aryl methyl sites for hydroxylation is 1. The van der Waals surface area contributed by atoms with Gasteiger partial charge in [0, 0.05) is 10.7 Å². The molecule has 0 saturated heterocycles. The van der Waals surface area contributed by atoms with E-state index >= 15 is 0 Å². The molecule has 166 valence electrons. The molecule has 0 bridgehead atoms. The maximum atomic E-state index is 13.5. The van der Waals surface area contributed by atoms with E-state index in [0.29, 0.717) is 27.9 Å². The second-order valence-electron chi connectivity index (χ2n) is 7.23. The SMILES string of the molecule is COc1ccc(S(=O)(=O)N2C[C@@H](C(=O)Nc3ccc(Cl)cc3C)Oc3ccccc32)cc1. The fourth-order valence-electron chi connectivity index (χ4n) is 3.42. The van der Waals surface area contributed by atoms with E-state index in [-0.39, 0.29) is 11.4 Å². The number of anilines is 2. The Hall–Kier alpha value is -3.23. The van der Waals surface area contributed by atoms with Crippen LogP contribution in [0.4, 0.5) is 11.4 Å². The maximum Gasteiger partial charge on any atom is 0.267 e. The zero-order valence-electron chi connectivity index (χ0n) is 17.4. The molecule has 3 aromatic rings. The lowest BCUT2D eigenvalue weighted by molar-refractivity contribution is -0.122. The summed E-state index contributed by atoms with van der Waals surface area (Å²) in [6, 6.07) is 17.9. The molecule has 0 radical (unpaired) electrons. The van der Waals surface area contributed by atoms with Crippen LogP contribution in [0.15, 0.2) is 71.6 Å². The summed E-state index contributed by atoms with van der Waals surface area (Å²) in [6.45, 7) is 1.64. The van der Waals surface area contributed by atoms with Gasteiger partial charge < -0.3 is 14.8 Å². The molecule has 0 aliphatic carbocycles. The Morgan fingerprint density at radius 3 is 2.53 bits per heavy atom. The topological polar surface area (TPSA) is 84.9 Å². The molecule has 9 heteroatoms. The van der Waals surface area contributed by atoms with Gasteiger partial charge in [0.05, 0.1) is 24.2 Å². The molecule has 32 heavy (non-hydrogen) atoms. The van der Waals surface area contributed by atoms with Gasteiger partial charge >= 0.3 is 0 Å². The number of fused-ring (bicyclic) bond motifs is 1. The third-order valence-corrected chi connectivity index (χ3v) is 7.15. The highest BCUT2D eigenvalue weighted by Crippen LogP contribution is 2.37. The molecule has 0 spiro atoms. The van der Waals surface area contributed by atoms with Gasteiger partial charge in [-0.1, -0.05) is 23.7 Å². The van der Waals surface area contributed by atoms with Crippen LogP contribution >= 0.6 is 11.6 Å². The van der Waals surface area contributed by atoms with E-state index in [1.54, 1.807) is 54.6 Å². The van der Waals surface area contributed by atoms with Crippen LogP contribution in [0.25, 0.3) is 0 Å². The van der Waals surface area contributed by atoms with Crippen molar-refractivity contribution in [3.05, 3.63) is 77.3 Å². The van der Waals surface area contributed by atoms with Crippen molar-refractivity contribution in [2.24, 2.45) is 0 Å². The first-order chi connectivity index (χ1) is 15.3. The van der Waals surface area contributed by atoms with Gasteiger partial charge in [-0.3, -0.25) is 9.10 Å². The zero-order valence-corrected chi connectivity index (χ0v) is 19.0. The largest absolute Gasteiger partial charge is 0.497 e. The molecular formula is C23H21ClN2O5S. The number of para-hydroxylation sites is 2. The van der Waals surface area contributed by atoms with Gasteiger partial charge in [-0.2, -0.15) is 0 Å². The van der Waals surface area contributed by atoms with E-state index in [0.717, 1.165) is 5.56 Å². The van der Waals surface area contributed by atoms with Crippen molar-refractivity contribution in [1.29, 1.82) is 0 Å². The van der Waals surface area contributed by atoms with Crippen molar-refractivity contribution >= 4 is 38.9 Å². The number of halogens is 1. The third kappa shape index (κ3) is 4.24. The van der Waals surface area contributed by atoms with Crippen LogP contribution in [0, 0.1) is 6.92 Å². The lowest BCUT2D eigenvalue weighted by Gasteiger charge is -2.34. The lowest BCUT2D eigenvalue weighted by atomic mass is 10.1. The Balaban J connectivity index is 1.66. The van der Waals surface area contributed by atoms with E-state index in [1.165, 1.54) is 23.5 Å². The number of sulfonamides is 1. The molecule has 1 N–H and O–H groups in total. The molecule has 1 atom stereocenters. The normalized spacial score (nSPS) is 15.5. The molecule has 3 aromatic carbocycles. The van der Waals surface area contributed by atoms with E-state index in [4.69, 9.17) is 21.1 Å². The van der Waals surface area contributed by atoms with Gasteiger partial charge in [0.2, 0.25) is 0 Å². The van der Waals surface area contributed by atoms with E-state index in [1.807, 2.05) is 6.92 Å². The van der Waals surface area contributed by atoms with E-state index in [9.17, 15) is 13.2 Å². The number of carbonyl (C=O) groups excluding carboxylic acids is 1. The number of rotatable bonds is 5. The van der Waals surface area contributed by atoms with E-state index < -0.39 is 22.0 Å².